The van der Waals surface area contributed by atoms with Crippen LogP contribution in [0.25, 0.3) is 87.2 Å². The Bertz CT molecular complexity index is 3560. The van der Waals surface area contributed by atoms with Crippen LogP contribution in [0.15, 0.2) is 121 Å². The molecule has 2 aliphatic carbocycles. The summed E-state index contributed by atoms with van der Waals surface area (Å²) in [5.41, 5.74) is 15.7. The van der Waals surface area contributed by atoms with Crippen molar-refractivity contribution in [2.24, 2.45) is 5.73 Å². The Hall–Kier alpha value is -7.47. The van der Waals surface area contributed by atoms with Gasteiger partial charge in [0.1, 0.15) is 0 Å². The number of nitrogens with two attached hydrogens (primary N) is 1. The van der Waals surface area contributed by atoms with Gasteiger partial charge in [-0.25, -0.2) is 0 Å². The first kappa shape index (κ1) is 35.3. The quantitative estimate of drug-likeness (QED) is 0.0666. The van der Waals surface area contributed by atoms with Gasteiger partial charge in [0.25, 0.3) is 23.6 Å². The van der Waals surface area contributed by atoms with Crippen LogP contribution in [0.4, 0.5) is 0 Å². The lowest BCUT2D eigenvalue weighted by Gasteiger charge is -2.16. The average molecular weight is 832 g/mol. The van der Waals surface area contributed by atoms with Crippen molar-refractivity contribution in [2.45, 2.75) is 36.3 Å². The molecule has 14 rings (SSSR count). The molecule has 6 heterocycles. The zero-order valence-electron chi connectivity index (χ0n) is 32.8. The Morgan fingerprint density at radius 1 is 0.484 bits per heavy atom. The molecule has 300 valence electrons. The van der Waals surface area contributed by atoms with Crippen molar-refractivity contribution in [1.29, 1.82) is 0 Å². The van der Waals surface area contributed by atoms with Gasteiger partial charge in [0.2, 0.25) is 0 Å². The molecule has 0 radical (unpaired) electrons. The van der Waals surface area contributed by atoms with Crippen LogP contribution in [0.1, 0.15) is 66.4 Å². The summed E-state index contributed by atoms with van der Waals surface area (Å²) in [6, 6.07) is 32.1. The molecule has 62 heavy (non-hydrogen) atoms. The largest absolute Gasteiger partial charge is 0.353 e. The number of hydrogen-bond acceptors (Lipinski definition) is 5. The van der Waals surface area contributed by atoms with E-state index in [9.17, 15) is 19.2 Å². The number of benzene rings is 6. The number of imide groups is 2. The van der Waals surface area contributed by atoms with Crippen LogP contribution in [0, 0.1) is 0 Å². The summed E-state index contributed by atoms with van der Waals surface area (Å²) >= 11 is 6.43. The second-order valence-electron chi connectivity index (χ2n) is 16.7. The SMILES string of the molecule is N[C@@H]1C=CC(n2c3ccccc3c3c4c(c5c6ccccc6[nH]c5c32)C(=O)NC4=O)C1.O=C1NC(=O)c2c1c1c3ccccc3[nH]c1c1c2c2ccccc2n1C1C=C[C@H](Cl)C1. The lowest BCUT2D eigenvalue weighted by Crippen LogP contribution is -2.20. The normalized spacial score (nSPS) is 20.5. The zero-order valence-corrected chi connectivity index (χ0v) is 33.5. The fourth-order valence-electron chi connectivity index (χ4n) is 11.0. The molecule has 0 spiro atoms. The molecule has 6 aromatic carbocycles. The molecule has 4 atom stereocenters. The molecule has 4 aromatic heterocycles. The first-order chi connectivity index (χ1) is 30.3. The standard InChI is InChI=1S/C25H16ClN3O2.C25H18N4O2/c2*26-12-9-10-13(11-12)29-17-8-4-2-6-15(17)19-21-20(24(30)28-25(21)31)18-14-5-1-3-7-16(14)27-22(18)23(19)29/h1-10,12-13,27H,11H2,(H,28,30,31);1-10,12-13,27H,11,26H2,(H,28,30,31)/t2*12-,13?/m01/s1. The summed E-state index contributed by atoms with van der Waals surface area (Å²) in [5.74, 6) is -1.35. The predicted octanol–water partition coefficient (Wildman–Crippen LogP) is 9.56. The number of carbonyl (C=O) groups excluding carboxylic acids is 4. The van der Waals surface area contributed by atoms with Crippen molar-refractivity contribution in [3.63, 3.8) is 0 Å². The van der Waals surface area contributed by atoms with E-state index in [4.69, 9.17) is 17.3 Å². The Labute approximate surface area is 355 Å². The molecular weight excluding hydrogens is 798 g/mol. The van der Waals surface area contributed by atoms with Gasteiger partial charge in [-0.3, -0.25) is 29.8 Å². The molecule has 6 N–H and O–H groups in total. The minimum atomic E-state index is -0.338. The second kappa shape index (κ2) is 12.5. The number of halogens is 1. The highest BCUT2D eigenvalue weighted by Gasteiger charge is 2.38. The van der Waals surface area contributed by atoms with Crippen LogP contribution >= 0.6 is 11.6 Å². The van der Waals surface area contributed by atoms with Crippen molar-refractivity contribution in [3.05, 3.63) is 144 Å². The number of nitrogens with zero attached hydrogens (tertiary/aromatic N) is 2. The fourth-order valence-corrected chi connectivity index (χ4v) is 11.2. The van der Waals surface area contributed by atoms with E-state index in [2.05, 4.69) is 54.0 Å². The van der Waals surface area contributed by atoms with Gasteiger partial charge >= 0.3 is 0 Å². The molecule has 0 saturated heterocycles. The molecule has 12 heteroatoms. The zero-order chi connectivity index (χ0) is 41.7. The van der Waals surface area contributed by atoms with Gasteiger partial charge in [0.15, 0.2) is 0 Å². The van der Waals surface area contributed by atoms with Crippen LogP contribution in [0.2, 0.25) is 0 Å². The van der Waals surface area contributed by atoms with Gasteiger partial charge in [-0.1, -0.05) is 97.1 Å². The van der Waals surface area contributed by atoms with Crippen LogP contribution < -0.4 is 16.4 Å². The van der Waals surface area contributed by atoms with E-state index in [0.717, 1.165) is 100 Å². The van der Waals surface area contributed by atoms with Crippen LogP contribution in [-0.4, -0.2) is 54.1 Å². The molecule has 10 aromatic rings. The van der Waals surface area contributed by atoms with E-state index in [-0.39, 0.29) is 47.1 Å². The maximum absolute atomic E-state index is 13.0. The first-order valence-corrected chi connectivity index (χ1v) is 21.2. The van der Waals surface area contributed by atoms with E-state index in [1.165, 1.54) is 0 Å². The van der Waals surface area contributed by atoms with Crippen molar-refractivity contribution >= 4 is 122 Å². The van der Waals surface area contributed by atoms with E-state index in [1.807, 2.05) is 97.1 Å². The lowest BCUT2D eigenvalue weighted by atomic mass is 9.96. The van der Waals surface area contributed by atoms with Gasteiger partial charge in [-0.15, -0.1) is 11.6 Å². The van der Waals surface area contributed by atoms with Gasteiger partial charge in [-0.2, -0.15) is 0 Å². The molecular formula is C50H34ClN7O4. The van der Waals surface area contributed by atoms with Crippen LogP contribution in [0.3, 0.4) is 0 Å². The summed E-state index contributed by atoms with van der Waals surface area (Å²) in [6.45, 7) is 0. The number of amides is 4. The number of rotatable bonds is 2. The molecule has 0 bridgehead atoms. The van der Waals surface area contributed by atoms with Gasteiger partial charge < -0.3 is 24.8 Å². The highest BCUT2D eigenvalue weighted by atomic mass is 35.5. The van der Waals surface area contributed by atoms with Crippen molar-refractivity contribution in [1.82, 2.24) is 29.7 Å². The number of H-pyrrole nitrogens is 2. The number of nitrogens with one attached hydrogen (secondary N) is 4. The van der Waals surface area contributed by atoms with Crippen LogP contribution in [-0.2, 0) is 0 Å². The topological polar surface area (TPSA) is 160 Å². The Morgan fingerprint density at radius 2 is 0.887 bits per heavy atom. The van der Waals surface area contributed by atoms with E-state index in [0.29, 0.717) is 22.3 Å². The Balaban J connectivity index is 0.000000126. The molecule has 0 saturated carbocycles. The Kier molecular flexibility index (Phi) is 7.14. The van der Waals surface area contributed by atoms with E-state index < -0.39 is 0 Å². The minimum Gasteiger partial charge on any atom is -0.353 e. The fraction of sp³-hybridized carbons (Fsp3) is 0.120. The summed E-state index contributed by atoms with van der Waals surface area (Å²) in [6.07, 6.45) is 9.91. The number of hydrogen-bond donors (Lipinski definition) is 5. The number of alkyl halides is 1. The molecule has 0 fully saturated rings. The van der Waals surface area contributed by atoms with Crippen LogP contribution in [0.5, 0.6) is 0 Å². The monoisotopic (exact) mass is 831 g/mol. The molecule has 4 amide bonds. The number of fused-ring (bicyclic) bond motifs is 20. The molecule has 4 aliphatic rings. The Morgan fingerprint density at radius 3 is 1.32 bits per heavy atom. The number of allylic oxidation sites excluding steroid dienone is 3. The highest BCUT2D eigenvalue weighted by Crippen LogP contribution is 2.48. The maximum atomic E-state index is 13.0. The summed E-state index contributed by atoms with van der Waals surface area (Å²) in [5, 5.41) is 12.1. The van der Waals surface area contributed by atoms with Crippen molar-refractivity contribution in [3.8, 4) is 0 Å². The third kappa shape index (κ3) is 4.58. The molecule has 2 aliphatic heterocycles. The molecule has 2 unspecified atom stereocenters. The highest BCUT2D eigenvalue weighted by molar-refractivity contribution is 6.41. The molecule has 11 nitrogen and oxygen atoms in total. The second-order valence-corrected chi connectivity index (χ2v) is 17.2. The number of carbonyl (C=O) groups is 4. The average Bonchev–Trinajstić information content (AvgIpc) is 4.15. The third-order valence-corrected chi connectivity index (χ3v) is 13.7. The predicted molar refractivity (Wildman–Crippen MR) is 244 cm³/mol. The number of aromatic amines is 2. The first-order valence-electron chi connectivity index (χ1n) is 20.7. The number of aromatic nitrogens is 4. The van der Waals surface area contributed by atoms with Crippen molar-refractivity contribution < 1.29 is 19.2 Å². The summed E-state index contributed by atoms with van der Waals surface area (Å²) in [7, 11) is 0. The third-order valence-electron chi connectivity index (χ3n) is 13.3. The van der Waals surface area contributed by atoms with Gasteiger partial charge in [0, 0.05) is 71.2 Å². The maximum Gasteiger partial charge on any atom is 0.259 e. The smallest absolute Gasteiger partial charge is 0.259 e. The van der Waals surface area contributed by atoms with Gasteiger partial charge in [-0.05, 0) is 37.1 Å². The minimum absolute atomic E-state index is 0.00118. The van der Waals surface area contributed by atoms with E-state index in [1.54, 1.807) is 0 Å². The lowest BCUT2D eigenvalue weighted by molar-refractivity contribution is 0.0864. The van der Waals surface area contributed by atoms with Gasteiger partial charge in [0.05, 0.1) is 61.8 Å². The van der Waals surface area contributed by atoms with E-state index >= 15 is 0 Å². The number of para-hydroxylation sites is 4. The van der Waals surface area contributed by atoms with Crippen molar-refractivity contribution in [2.75, 3.05) is 0 Å². The summed E-state index contributed by atoms with van der Waals surface area (Å²) < 4.78 is 4.56. The summed E-state index contributed by atoms with van der Waals surface area (Å²) in [4.78, 5) is 59.0.